The van der Waals surface area contributed by atoms with Crippen LogP contribution in [0.1, 0.15) is 36.2 Å². The molecule has 0 aliphatic rings. The number of aryl methyl sites for hydroxylation is 1. The highest BCUT2D eigenvalue weighted by Gasteiger charge is 2.21. The molecule has 1 aromatic heterocycles. The summed E-state index contributed by atoms with van der Waals surface area (Å²) in [5.41, 5.74) is 6.57. The average molecular weight is 344 g/mol. The number of nitrogen functional groups attached to an aromatic ring is 1. The summed E-state index contributed by atoms with van der Waals surface area (Å²) in [6.45, 7) is 4.20. The van der Waals surface area contributed by atoms with Crippen molar-refractivity contribution in [3.63, 3.8) is 0 Å². The van der Waals surface area contributed by atoms with Crippen molar-refractivity contribution in [1.29, 1.82) is 0 Å². The highest BCUT2D eigenvalue weighted by atomic mass is 16.2. The zero-order chi connectivity index (χ0) is 18.6. The first-order valence-electron chi connectivity index (χ1n) is 8.36. The molecule has 0 aliphatic heterocycles. The number of benzene rings is 1. The first-order chi connectivity index (χ1) is 11.9. The molecule has 0 bridgehead atoms. The lowest BCUT2D eigenvalue weighted by Crippen LogP contribution is -2.43. The number of hydrogen-bond acceptors (Lipinski definition) is 5. The van der Waals surface area contributed by atoms with E-state index < -0.39 is 17.0 Å². The monoisotopic (exact) mass is 344 g/mol. The van der Waals surface area contributed by atoms with Gasteiger partial charge in [0.1, 0.15) is 11.4 Å². The minimum Gasteiger partial charge on any atom is -0.384 e. The van der Waals surface area contributed by atoms with Crippen LogP contribution in [0.3, 0.4) is 0 Å². The lowest BCUT2D eigenvalue weighted by Gasteiger charge is -2.15. The number of carbonyl (C=O) groups excluding carboxylic acids is 1. The van der Waals surface area contributed by atoms with Crippen LogP contribution in [0.4, 0.5) is 11.5 Å². The second kappa shape index (κ2) is 7.83. The number of Topliss-reactive ketones (excluding diaryl/α,β-unsaturated/α-hetero) is 1. The van der Waals surface area contributed by atoms with Gasteiger partial charge in [0.2, 0.25) is 0 Å². The van der Waals surface area contributed by atoms with E-state index in [1.807, 2.05) is 38.1 Å². The van der Waals surface area contributed by atoms with Crippen molar-refractivity contribution in [2.45, 2.75) is 33.2 Å². The molecule has 2 rings (SSSR count). The number of rotatable bonds is 7. The molecule has 25 heavy (non-hydrogen) atoms. The molecule has 1 aromatic carbocycles. The minimum absolute atomic E-state index is 0.0643. The van der Waals surface area contributed by atoms with Gasteiger partial charge in [-0.2, -0.15) is 0 Å². The molecule has 0 atom stereocenters. The Bertz CT molecular complexity index is 896. The number of aromatic nitrogens is 2. The smallest absolute Gasteiger partial charge is 0.332 e. The van der Waals surface area contributed by atoms with Crippen LogP contribution in [0.25, 0.3) is 0 Å². The highest BCUT2D eigenvalue weighted by molar-refractivity contribution is 6.02. The summed E-state index contributed by atoms with van der Waals surface area (Å²) in [6, 6.07) is 7.66. The van der Waals surface area contributed by atoms with Gasteiger partial charge in [0.05, 0.1) is 6.54 Å². The first-order valence-corrected chi connectivity index (χ1v) is 8.36. The molecule has 0 amide bonds. The van der Waals surface area contributed by atoms with Gasteiger partial charge in [-0.3, -0.25) is 18.7 Å². The van der Waals surface area contributed by atoms with Crippen LogP contribution in [0.15, 0.2) is 33.9 Å². The number of carbonyl (C=O) groups is 1. The van der Waals surface area contributed by atoms with Crippen molar-refractivity contribution in [1.82, 2.24) is 9.13 Å². The predicted octanol–water partition coefficient (Wildman–Crippen LogP) is 1.40. The van der Waals surface area contributed by atoms with Gasteiger partial charge >= 0.3 is 5.69 Å². The Morgan fingerprint density at radius 2 is 1.88 bits per heavy atom. The average Bonchev–Trinajstić information content (AvgIpc) is 2.62. The molecule has 7 heteroatoms. The Kier molecular flexibility index (Phi) is 5.80. The molecule has 0 spiro atoms. The molecule has 0 radical (unpaired) electrons. The molecule has 0 aliphatic carbocycles. The Labute approximate surface area is 146 Å². The molecule has 7 nitrogen and oxygen atoms in total. The summed E-state index contributed by atoms with van der Waals surface area (Å²) in [4.78, 5) is 37.1. The fraction of sp³-hybridized carbons (Fsp3) is 0.389. The normalized spacial score (nSPS) is 10.7. The summed E-state index contributed by atoms with van der Waals surface area (Å²) in [5.74, 6) is -0.501. The largest absolute Gasteiger partial charge is 0.384 e. The maximum absolute atomic E-state index is 12.6. The Morgan fingerprint density at radius 1 is 1.20 bits per heavy atom. The molecule has 0 saturated carbocycles. The molecule has 1 heterocycles. The predicted molar refractivity (Wildman–Crippen MR) is 99.3 cm³/mol. The second-order valence-electron chi connectivity index (χ2n) is 5.85. The maximum Gasteiger partial charge on any atom is 0.332 e. The van der Waals surface area contributed by atoms with Gasteiger partial charge in [0, 0.05) is 19.3 Å². The van der Waals surface area contributed by atoms with Gasteiger partial charge in [-0.15, -0.1) is 0 Å². The third kappa shape index (κ3) is 3.65. The number of hydrogen-bond donors (Lipinski definition) is 2. The summed E-state index contributed by atoms with van der Waals surface area (Å²) < 4.78 is 2.20. The van der Waals surface area contributed by atoms with Crippen LogP contribution in [0.5, 0.6) is 0 Å². The van der Waals surface area contributed by atoms with Gasteiger partial charge in [0.25, 0.3) is 5.56 Å². The van der Waals surface area contributed by atoms with Crippen LogP contribution in [-0.2, 0) is 20.0 Å². The van der Waals surface area contributed by atoms with Gasteiger partial charge in [0.15, 0.2) is 5.78 Å². The van der Waals surface area contributed by atoms with Crippen molar-refractivity contribution < 1.29 is 4.79 Å². The maximum atomic E-state index is 12.6. The van der Waals surface area contributed by atoms with Crippen molar-refractivity contribution in [2.24, 2.45) is 7.05 Å². The van der Waals surface area contributed by atoms with Crippen molar-refractivity contribution in [3.05, 3.63) is 56.2 Å². The number of nitrogens with two attached hydrogens (primary N) is 1. The van der Waals surface area contributed by atoms with Gasteiger partial charge in [-0.25, -0.2) is 4.79 Å². The summed E-state index contributed by atoms with van der Waals surface area (Å²) >= 11 is 0. The van der Waals surface area contributed by atoms with E-state index in [0.717, 1.165) is 22.2 Å². The summed E-state index contributed by atoms with van der Waals surface area (Å²) in [7, 11) is 1.35. The topological polar surface area (TPSA) is 99.1 Å². The van der Waals surface area contributed by atoms with Crippen molar-refractivity contribution in [3.8, 4) is 0 Å². The van der Waals surface area contributed by atoms with Gasteiger partial charge in [-0.05, 0) is 24.5 Å². The van der Waals surface area contributed by atoms with E-state index in [9.17, 15) is 14.4 Å². The van der Waals surface area contributed by atoms with Gasteiger partial charge in [-0.1, -0.05) is 32.0 Å². The van der Waals surface area contributed by atoms with Crippen LogP contribution in [-0.4, -0.2) is 21.5 Å². The van der Waals surface area contributed by atoms with E-state index in [0.29, 0.717) is 13.0 Å². The highest BCUT2D eigenvalue weighted by Crippen LogP contribution is 2.15. The zero-order valence-electron chi connectivity index (χ0n) is 14.8. The Hall–Kier alpha value is -2.83. The fourth-order valence-electron chi connectivity index (χ4n) is 2.75. The van der Waals surface area contributed by atoms with Gasteiger partial charge < -0.3 is 11.1 Å². The first kappa shape index (κ1) is 18.5. The van der Waals surface area contributed by atoms with Crippen LogP contribution < -0.4 is 22.3 Å². The Morgan fingerprint density at radius 3 is 2.52 bits per heavy atom. The molecule has 0 saturated heterocycles. The lowest BCUT2D eigenvalue weighted by atomic mass is 10.1. The number of anilines is 2. The van der Waals surface area contributed by atoms with Crippen LogP contribution >= 0.6 is 0 Å². The number of ketones is 1. The van der Waals surface area contributed by atoms with E-state index in [1.165, 1.54) is 11.6 Å². The number of para-hydroxylation sites is 1. The second-order valence-corrected chi connectivity index (χ2v) is 5.85. The quantitative estimate of drug-likeness (QED) is 0.740. The van der Waals surface area contributed by atoms with E-state index in [4.69, 9.17) is 5.73 Å². The minimum atomic E-state index is -0.662. The molecule has 134 valence electrons. The van der Waals surface area contributed by atoms with E-state index in [1.54, 1.807) is 0 Å². The SMILES string of the molecule is CCCn1c(N)c(C(=O)CNc2ccccc2CC)c(=O)n(C)c1=O. The zero-order valence-corrected chi connectivity index (χ0v) is 14.8. The molecule has 0 unspecified atom stereocenters. The van der Waals surface area contributed by atoms with Crippen LogP contribution in [0, 0.1) is 0 Å². The number of nitrogens with zero attached hydrogens (tertiary/aromatic N) is 2. The molecule has 2 aromatic rings. The van der Waals surface area contributed by atoms with Crippen molar-refractivity contribution >= 4 is 17.3 Å². The lowest BCUT2D eigenvalue weighted by molar-refractivity contribution is 0.100. The van der Waals surface area contributed by atoms with E-state index in [2.05, 4.69) is 5.32 Å². The van der Waals surface area contributed by atoms with E-state index in [-0.39, 0.29) is 17.9 Å². The molecular weight excluding hydrogens is 320 g/mol. The third-order valence-electron chi connectivity index (χ3n) is 4.15. The molecule has 0 fully saturated rings. The number of nitrogens with one attached hydrogen (secondary N) is 1. The fourth-order valence-corrected chi connectivity index (χ4v) is 2.75. The summed E-state index contributed by atoms with van der Waals surface area (Å²) in [6.07, 6.45) is 1.49. The van der Waals surface area contributed by atoms with E-state index >= 15 is 0 Å². The Balaban J connectivity index is 2.36. The van der Waals surface area contributed by atoms with Crippen LogP contribution in [0.2, 0.25) is 0 Å². The standard InChI is InChI=1S/C18H24N4O3/c1-4-10-22-16(19)15(17(24)21(3)18(22)25)14(23)11-20-13-9-7-6-8-12(13)5-2/h6-9,20H,4-5,10-11,19H2,1-3H3. The molecular formula is C18H24N4O3. The van der Waals surface area contributed by atoms with Crippen molar-refractivity contribution in [2.75, 3.05) is 17.6 Å². The summed E-state index contributed by atoms with van der Waals surface area (Å²) in [5, 5.41) is 3.06. The third-order valence-corrected chi connectivity index (χ3v) is 4.15. The molecule has 3 N–H and O–H groups in total.